The van der Waals surface area contributed by atoms with Gasteiger partial charge in [0.1, 0.15) is 0 Å². The minimum absolute atomic E-state index is 0.107. The number of halogens is 3. The highest BCUT2D eigenvalue weighted by Crippen LogP contribution is 2.29. The fourth-order valence-electron chi connectivity index (χ4n) is 1.51. The average Bonchev–Trinajstić information content (AvgIpc) is 2.36. The van der Waals surface area contributed by atoms with Gasteiger partial charge in [-0.15, -0.1) is 0 Å². The van der Waals surface area contributed by atoms with E-state index in [0.717, 1.165) is 18.5 Å². The molecule has 0 aliphatic heterocycles. The SMILES string of the molecule is CCCNCc1ccc(OC)c(OCC(F)(F)F)c1. The van der Waals surface area contributed by atoms with Crippen molar-refractivity contribution in [2.75, 3.05) is 20.3 Å². The number of hydrogen-bond donors (Lipinski definition) is 1. The first-order chi connectivity index (χ1) is 8.96. The summed E-state index contributed by atoms with van der Waals surface area (Å²) < 4.78 is 46.2. The molecule has 0 amide bonds. The van der Waals surface area contributed by atoms with E-state index in [4.69, 9.17) is 9.47 Å². The van der Waals surface area contributed by atoms with E-state index in [2.05, 4.69) is 5.32 Å². The van der Waals surface area contributed by atoms with Gasteiger partial charge in [-0.25, -0.2) is 0 Å². The molecule has 0 aromatic heterocycles. The maximum atomic E-state index is 12.1. The molecule has 0 unspecified atom stereocenters. The molecule has 0 aliphatic rings. The molecule has 0 radical (unpaired) electrons. The van der Waals surface area contributed by atoms with E-state index in [1.165, 1.54) is 7.11 Å². The molecule has 1 N–H and O–H groups in total. The van der Waals surface area contributed by atoms with Gasteiger partial charge in [-0.05, 0) is 30.7 Å². The van der Waals surface area contributed by atoms with Crippen LogP contribution < -0.4 is 14.8 Å². The smallest absolute Gasteiger partial charge is 0.422 e. The van der Waals surface area contributed by atoms with E-state index in [1.807, 2.05) is 6.92 Å². The third-order valence-electron chi connectivity index (χ3n) is 2.38. The first kappa shape index (κ1) is 15.6. The second-order valence-electron chi connectivity index (χ2n) is 4.07. The summed E-state index contributed by atoms with van der Waals surface area (Å²) in [5.41, 5.74) is 0.853. The number of rotatable bonds is 7. The van der Waals surface area contributed by atoms with E-state index in [1.54, 1.807) is 18.2 Å². The van der Waals surface area contributed by atoms with Crippen LogP contribution in [-0.4, -0.2) is 26.4 Å². The Kier molecular flexibility index (Phi) is 5.95. The van der Waals surface area contributed by atoms with Crippen molar-refractivity contribution in [2.45, 2.75) is 26.1 Å². The van der Waals surface area contributed by atoms with Crippen molar-refractivity contribution in [3.8, 4) is 11.5 Å². The summed E-state index contributed by atoms with van der Waals surface area (Å²) in [6.45, 7) is 2.15. The molecule has 1 aromatic carbocycles. The van der Waals surface area contributed by atoms with Crippen LogP contribution in [-0.2, 0) is 6.54 Å². The van der Waals surface area contributed by atoms with Gasteiger partial charge in [0, 0.05) is 6.54 Å². The normalized spacial score (nSPS) is 11.4. The predicted octanol–water partition coefficient (Wildman–Crippen LogP) is 3.14. The Labute approximate surface area is 110 Å². The molecular formula is C13H18F3NO2. The van der Waals surface area contributed by atoms with Crippen molar-refractivity contribution in [3.63, 3.8) is 0 Å². The first-order valence-electron chi connectivity index (χ1n) is 6.03. The minimum atomic E-state index is -4.36. The molecule has 19 heavy (non-hydrogen) atoms. The van der Waals surface area contributed by atoms with Crippen LogP contribution in [0.1, 0.15) is 18.9 Å². The Bertz CT molecular complexity index is 394. The third-order valence-corrected chi connectivity index (χ3v) is 2.38. The number of methoxy groups -OCH3 is 1. The molecule has 108 valence electrons. The molecule has 0 atom stereocenters. The number of ether oxygens (including phenoxy) is 2. The topological polar surface area (TPSA) is 30.5 Å². The third kappa shape index (κ3) is 5.83. The summed E-state index contributed by atoms with van der Waals surface area (Å²) in [7, 11) is 1.39. The Morgan fingerprint density at radius 1 is 1.21 bits per heavy atom. The first-order valence-corrected chi connectivity index (χ1v) is 6.03. The molecular weight excluding hydrogens is 259 g/mol. The second kappa shape index (κ2) is 7.23. The summed E-state index contributed by atoms with van der Waals surface area (Å²) >= 11 is 0. The number of nitrogens with one attached hydrogen (secondary N) is 1. The molecule has 0 aliphatic carbocycles. The molecule has 0 heterocycles. The minimum Gasteiger partial charge on any atom is -0.493 e. The van der Waals surface area contributed by atoms with Gasteiger partial charge in [-0.1, -0.05) is 13.0 Å². The molecule has 0 spiro atoms. The zero-order valence-corrected chi connectivity index (χ0v) is 11.0. The van der Waals surface area contributed by atoms with Gasteiger partial charge < -0.3 is 14.8 Å². The van der Waals surface area contributed by atoms with Crippen molar-refractivity contribution in [3.05, 3.63) is 23.8 Å². The summed E-state index contributed by atoms with van der Waals surface area (Å²) in [4.78, 5) is 0. The lowest BCUT2D eigenvalue weighted by molar-refractivity contribution is -0.153. The van der Waals surface area contributed by atoms with Crippen LogP contribution in [0.15, 0.2) is 18.2 Å². The van der Waals surface area contributed by atoms with Crippen LogP contribution in [0.2, 0.25) is 0 Å². The maximum Gasteiger partial charge on any atom is 0.422 e. The van der Waals surface area contributed by atoms with E-state index < -0.39 is 12.8 Å². The Morgan fingerprint density at radius 3 is 2.53 bits per heavy atom. The van der Waals surface area contributed by atoms with Crippen molar-refractivity contribution in [1.82, 2.24) is 5.32 Å². The monoisotopic (exact) mass is 277 g/mol. The van der Waals surface area contributed by atoms with Crippen molar-refractivity contribution < 1.29 is 22.6 Å². The highest BCUT2D eigenvalue weighted by Gasteiger charge is 2.29. The zero-order chi connectivity index (χ0) is 14.3. The standard InChI is InChI=1S/C13H18F3NO2/c1-3-6-17-8-10-4-5-11(18-2)12(7-10)19-9-13(14,15)16/h4-5,7,17H,3,6,8-9H2,1-2H3. The van der Waals surface area contributed by atoms with Crippen molar-refractivity contribution >= 4 is 0 Å². The fraction of sp³-hybridized carbons (Fsp3) is 0.538. The van der Waals surface area contributed by atoms with E-state index in [-0.39, 0.29) is 5.75 Å². The Balaban J connectivity index is 2.72. The highest BCUT2D eigenvalue weighted by molar-refractivity contribution is 5.43. The van der Waals surface area contributed by atoms with Crippen molar-refractivity contribution in [2.24, 2.45) is 0 Å². The largest absolute Gasteiger partial charge is 0.493 e. The molecule has 0 fully saturated rings. The molecule has 0 saturated carbocycles. The van der Waals surface area contributed by atoms with Gasteiger partial charge in [-0.3, -0.25) is 0 Å². The molecule has 3 nitrogen and oxygen atoms in total. The Hall–Kier alpha value is -1.43. The number of alkyl halides is 3. The summed E-state index contributed by atoms with van der Waals surface area (Å²) in [6, 6.07) is 4.96. The van der Waals surface area contributed by atoms with Gasteiger partial charge in [0.25, 0.3) is 0 Å². The maximum absolute atomic E-state index is 12.1. The van der Waals surface area contributed by atoms with Crippen LogP contribution in [0.4, 0.5) is 13.2 Å². The van der Waals surface area contributed by atoms with Gasteiger partial charge in [0.15, 0.2) is 18.1 Å². The summed E-state index contributed by atoms with van der Waals surface area (Å²) in [6.07, 6.45) is -3.37. The van der Waals surface area contributed by atoms with Crippen LogP contribution in [0.25, 0.3) is 0 Å². The van der Waals surface area contributed by atoms with Gasteiger partial charge in [-0.2, -0.15) is 13.2 Å². The van der Waals surface area contributed by atoms with E-state index >= 15 is 0 Å². The lowest BCUT2D eigenvalue weighted by atomic mass is 10.2. The number of benzene rings is 1. The Morgan fingerprint density at radius 2 is 1.95 bits per heavy atom. The van der Waals surface area contributed by atoms with E-state index in [0.29, 0.717) is 12.3 Å². The summed E-state index contributed by atoms with van der Waals surface area (Å²) in [5, 5.41) is 3.17. The number of hydrogen-bond acceptors (Lipinski definition) is 3. The van der Waals surface area contributed by atoms with Crippen LogP contribution in [0, 0.1) is 0 Å². The zero-order valence-electron chi connectivity index (χ0n) is 11.0. The average molecular weight is 277 g/mol. The lowest BCUT2D eigenvalue weighted by Crippen LogP contribution is -2.19. The quantitative estimate of drug-likeness (QED) is 0.777. The molecule has 0 bridgehead atoms. The highest BCUT2D eigenvalue weighted by atomic mass is 19.4. The second-order valence-corrected chi connectivity index (χ2v) is 4.07. The lowest BCUT2D eigenvalue weighted by Gasteiger charge is -2.14. The van der Waals surface area contributed by atoms with Crippen LogP contribution in [0.5, 0.6) is 11.5 Å². The van der Waals surface area contributed by atoms with Gasteiger partial charge in [0.2, 0.25) is 0 Å². The van der Waals surface area contributed by atoms with E-state index in [9.17, 15) is 13.2 Å². The van der Waals surface area contributed by atoms with Crippen molar-refractivity contribution in [1.29, 1.82) is 0 Å². The van der Waals surface area contributed by atoms with Gasteiger partial charge in [0.05, 0.1) is 7.11 Å². The van der Waals surface area contributed by atoms with Crippen LogP contribution >= 0.6 is 0 Å². The van der Waals surface area contributed by atoms with Gasteiger partial charge >= 0.3 is 6.18 Å². The molecule has 0 saturated heterocycles. The molecule has 1 rings (SSSR count). The molecule has 1 aromatic rings. The fourth-order valence-corrected chi connectivity index (χ4v) is 1.51. The predicted molar refractivity (Wildman–Crippen MR) is 66.5 cm³/mol. The summed E-state index contributed by atoms with van der Waals surface area (Å²) in [5.74, 6) is 0.402. The molecule has 6 heteroatoms. The van der Waals surface area contributed by atoms with Crippen LogP contribution in [0.3, 0.4) is 0 Å².